The molecule has 0 spiro atoms. The molecule has 3 heteroatoms. The molecule has 0 unspecified atom stereocenters. The third kappa shape index (κ3) is 4.64. The quantitative estimate of drug-likeness (QED) is 0.827. The smallest absolute Gasteiger partial charge is 0.120 e. The van der Waals surface area contributed by atoms with Crippen LogP contribution in [0, 0.1) is 6.92 Å². The Labute approximate surface area is 127 Å². The molecule has 0 saturated carbocycles. The summed E-state index contributed by atoms with van der Waals surface area (Å²) in [6, 6.07) is 10.8. The summed E-state index contributed by atoms with van der Waals surface area (Å²) in [6.45, 7) is 9.68. The molecule has 0 fully saturated rings. The van der Waals surface area contributed by atoms with Gasteiger partial charge in [0.2, 0.25) is 0 Å². The summed E-state index contributed by atoms with van der Waals surface area (Å²) in [5.74, 6) is 2.81. The number of ether oxygens (including phenoxy) is 1. The summed E-state index contributed by atoms with van der Waals surface area (Å²) in [7, 11) is 0. The maximum atomic E-state index is 5.87. The lowest BCUT2D eigenvalue weighted by atomic mass is 10.2. The van der Waals surface area contributed by atoms with Crippen molar-refractivity contribution in [2.24, 2.45) is 0 Å². The second kappa shape index (κ2) is 7.32. The normalized spacial score (nSPS) is 11.1. The highest BCUT2D eigenvalue weighted by Gasteiger charge is 2.08. The van der Waals surface area contributed by atoms with Gasteiger partial charge in [0.15, 0.2) is 0 Å². The van der Waals surface area contributed by atoms with Gasteiger partial charge in [0.25, 0.3) is 0 Å². The lowest BCUT2D eigenvalue weighted by molar-refractivity contribution is 0.302. The summed E-state index contributed by atoms with van der Waals surface area (Å²) in [6.07, 6.45) is 1.02. The van der Waals surface area contributed by atoms with E-state index in [4.69, 9.17) is 9.15 Å². The van der Waals surface area contributed by atoms with E-state index >= 15 is 0 Å². The van der Waals surface area contributed by atoms with Crippen molar-refractivity contribution in [3.63, 3.8) is 0 Å². The van der Waals surface area contributed by atoms with Crippen molar-refractivity contribution >= 4 is 0 Å². The van der Waals surface area contributed by atoms with Crippen LogP contribution < -0.4 is 10.1 Å². The van der Waals surface area contributed by atoms with Crippen molar-refractivity contribution in [1.29, 1.82) is 0 Å². The van der Waals surface area contributed by atoms with Gasteiger partial charge in [-0.15, -0.1) is 0 Å². The number of benzene rings is 1. The molecule has 0 bridgehead atoms. The van der Waals surface area contributed by atoms with Crippen LogP contribution in [-0.4, -0.2) is 6.04 Å². The van der Waals surface area contributed by atoms with Crippen LogP contribution in [0.3, 0.4) is 0 Å². The molecule has 0 aliphatic rings. The van der Waals surface area contributed by atoms with Crippen LogP contribution in [0.15, 0.2) is 34.7 Å². The van der Waals surface area contributed by atoms with Gasteiger partial charge in [-0.2, -0.15) is 0 Å². The van der Waals surface area contributed by atoms with Crippen molar-refractivity contribution in [1.82, 2.24) is 5.32 Å². The third-order valence-electron chi connectivity index (χ3n) is 3.46. The SMILES string of the molecule is CCc1cccc(OCc2cc(CNC(C)C)oc2C)c1. The van der Waals surface area contributed by atoms with Gasteiger partial charge in [0.05, 0.1) is 6.54 Å². The predicted octanol–water partition coefficient (Wildman–Crippen LogP) is 4.23. The van der Waals surface area contributed by atoms with Crippen LogP contribution in [0.2, 0.25) is 0 Å². The lowest BCUT2D eigenvalue weighted by Gasteiger charge is -2.06. The Hall–Kier alpha value is -1.74. The van der Waals surface area contributed by atoms with Crippen molar-refractivity contribution in [3.8, 4) is 5.75 Å². The van der Waals surface area contributed by atoms with Crippen molar-refractivity contribution < 1.29 is 9.15 Å². The van der Waals surface area contributed by atoms with Gasteiger partial charge in [0.1, 0.15) is 23.9 Å². The maximum absolute atomic E-state index is 5.87. The van der Waals surface area contributed by atoms with Gasteiger partial charge in [-0.3, -0.25) is 0 Å². The van der Waals surface area contributed by atoms with E-state index in [2.05, 4.69) is 44.3 Å². The first kappa shape index (κ1) is 15.6. The van der Waals surface area contributed by atoms with Crippen molar-refractivity contribution in [2.45, 2.75) is 53.3 Å². The van der Waals surface area contributed by atoms with Crippen LogP contribution in [0.4, 0.5) is 0 Å². The van der Waals surface area contributed by atoms with Crippen molar-refractivity contribution in [2.75, 3.05) is 0 Å². The Kier molecular flexibility index (Phi) is 5.45. The number of hydrogen-bond acceptors (Lipinski definition) is 3. The summed E-state index contributed by atoms with van der Waals surface area (Å²) in [5, 5.41) is 3.36. The van der Waals surface area contributed by atoms with Crippen LogP contribution in [0.1, 0.15) is 43.4 Å². The molecule has 0 aliphatic carbocycles. The Morgan fingerprint density at radius 1 is 1.24 bits per heavy atom. The average molecular weight is 287 g/mol. The first-order valence-corrected chi connectivity index (χ1v) is 7.61. The fourth-order valence-electron chi connectivity index (χ4n) is 2.14. The molecule has 3 nitrogen and oxygen atoms in total. The molecule has 114 valence electrons. The number of aryl methyl sites for hydroxylation is 2. The van der Waals surface area contributed by atoms with E-state index in [1.165, 1.54) is 5.56 Å². The van der Waals surface area contributed by atoms with Crippen LogP contribution in [-0.2, 0) is 19.6 Å². The second-order valence-corrected chi connectivity index (χ2v) is 5.62. The van der Waals surface area contributed by atoms with Gasteiger partial charge in [-0.25, -0.2) is 0 Å². The molecule has 0 amide bonds. The fourth-order valence-corrected chi connectivity index (χ4v) is 2.14. The Balaban J connectivity index is 1.96. The molecular formula is C18H25NO2. The second-order valence-electron chi connectivity index (χ2n) is 5.62. The van der Waals surface area contributed by atoms with Gasteiger partial charge >= 0.3 is 0 Å². The van der Waals surface area contributed by atoms with E-state index in [0.29, 0.717) is 12.6 Å². The fraction of sp³-hybridized carbons (Fsp3) is 0.444. The Morgan fingerprint density at radius 3 is 2.76 bits per heavy atom. The lowest BCUT2D eigenvalue weighted by Crippen LogP contribution is -2.21. The van der Waals surface area contributed by atoms with Gasteiger partial charge in [0, 0.05) is 11.6 Å². The van der Waals surface area contributed by atoms with Crippen LogP contribution in [0.5, 0.6) is 5.75 Å². The van der Waals surface area contributed by atoms with E-state index in [9.17, 15) is 0 Å². The van der Waals surface area contributed by atoms with E-state index in [1.807, 2.05) is 19.1 Å². The summed E-state index contributed by atoms with van der Waals surface area (Å²) in [4.78, 5) is 0. The standard InChI is InChI=1S/C18H25NO2/c1-5-15-7-6-8-17(9-15)20-12-16-10-18(21-14(16)4)11-19-13(2)3/h6-10,13,19H,5,11-12H2,1-4H3. The van der Waals surface area contributed by atoms with Crippen molar-refractivity contribution in [3.05, 3.63) is 53.0 Å². The molecule has 2 aromatic rings. The molecule has 1 aromatic carbocycles. The molecular weight excluding hydrogens is 262 g/mol. The summed E-state index contributed by atoms with van der Waals surface area (Å²) in [5.41, 5.74) is 2.40. The molecule has 0 radical (unpaired) electrons. The largest absolute Gasteiger partial charge is 0.489 e. The molecule has 2 rings (SSSR count). The average Bonchev–Trinajstić information content (AvgIpc) is 2.83. The highest BCUT2D eigenvalue weighted by molar-refractivity contribution is 5.29. The Bertz CT molecular complexity index is 572. The third-order valence-corrected chi connectivity index (χ3v) is 3.46. The zero-order valence-corrected chi connectivity index (χ0v) is 13.4. The van der Waals surface area contributed by atoms with Gasteiger partial charge in [-0.1, -0.05) is 32.9 Å². The number of hydrogen-bond donors (Lipinski definition) is 1. The van der Waals surface area contributed by atoms with Gasteiger partial charge in [-0.05, 0) is 37.1 Å². The zero-order chi connectivity index (χ0) is 15.2. The zero-order valence-electron chi connectivity index (χ0n) is 13.4. The molecule has 1 heterocycles. The first-order valence-electron chi connectivity index (χ1n) is 7.61. The highest BCUT2D eigenvalue weighted by Crippen LogP contribution is 2.19. The van der Waals surface area contributed by atoms with Crippen LogP contribution >= 0.6 is 0 Å². The van der Waals surface area contributed by atoms with E-state index < -0.39 is 0 Å². The van der Waals surface area contributed by atoms with Gasteiger partial charge < -0.3 is 14.5 Å². The Morgan fingerprint density at radius 2 is 2.05 bits per heavy atom. The molecule has 0 saturated heterocycles. The first-order chi connectivity index (χ1) is 10.1. The topological polar surface area (TPSA) is 34.4 Å². The maximum Gasteiger partial charge on any atom is 0.120 e. The minimum absolute atomic E-state index is 0.451. The minimum atomic E-state index is 0.451. The van der Waals surface area contributed by atoms with E-state index in [1.54, 1.807) is 0 Å². The molecule has 0 atom stereocenters. The molecule has 1 aromatic heterocycles. The number of furan rings is 1. The summed E-state index contributed by atoms with van der Waals surface area (Å²) >= 11 is 0. The number of rotatable bonds is 7. The monoisotopic (exact) mass is 287 g/mol. The highest BCUT2D eigenvalue weighted by atomic mass is 16.5. The van der Waals surface area contributed by atoms with E-state index in [-0.39, 0.29) is 0 Å². The number of nitrogens with one attached hydrogen (secondary N) is 1. The minimum Gasteiger partial charge on any atom is -0.489 e. The molecule has 1 N–H and O–H groups in total. The molecule has 0 aliphatic heterocycles. The predicted molar refractivity (Wildman–Crippen MR) is 85.6 cm³/mol. The molecule has 21 heavy (non-hydrogen) atoms. The van der Waals surface area contributed by atoms with Crippen LogP contribution in [0.25, 0.3) is 0 Å². The summed E-state index contributed by atoms with van der Waals surface area (Å²) < 4.78 is 11.6. The van der Waals surface area contributed by atoms with E-state index in [0.717, 1.165) is 35.8 Å².